The Bertz CT molecular complexity index is 938. The van der Waals surface area contributed by atoms with Crippen LogP contribution in [0.5, 0.6) is 0 Å². The number of aryl methyl sites for hydroxylation is 1. The largest absolute Gasteiger partial charge is 0.343 e. The molecule has 0 spiro atoms. The van der Waals surface area contributed by atoms with Crippen LogP contribution in [0.4, 0.5) is 0 Å². The number of benzene rings is 1. The predicted molar refractivity (Wildman–Crippen MR) is 116 cm³/mol. The molecule has 1 fully saturated rings. The molecule has 0 aliphatic carbocycles. The lowest BCUT2D eigenvalue weighted by atomic mass is 9.93. The van der Waals surface area contributed by atoms with Gasteiger partial charge in [-0.1, -0.05) is 50.2 Å². The number of hydrogen-bond acceptors (Lipinski definition) is 5. The number of aromatic nitrogens is 2. The van der Waals surface area contributed by atoms with Gasteiger partial charge in [0.05, 0.1) is 0 Å². The monoisotopic (exact) mass is 424 g/mol. The van der Waals surface area contributed by atoms with Gasteiger partial charge in [-0.3, -0.25) is 9.59 Å². The van der Waals surface area contributed by atoms with Crippen molar-refractivity contribution in [1.29, 1.82) is 0 Å². The number of fused-ring (bicyclic) bond motifs is 1. The lowest BCUT2D eigenvalue weighted by Gasteiger charge is -2.36. The highest BCUT2D eigenvalue weighted by Gasteiger charge is 2.31. The average molecular weight is 425 g/mol. The molecule has 2 aliphatic rings. The maximum Gasteiger partial charge on any atom is 0.227 e. The summed E-state index contributed by atoms with van der Waals surface area (Å²) in [6.45, 7) is 8.85. The Morgan fingerprint density at radius 1 is 1.06 bits per heavy atom. The molecule has 166 valence electrons. The summed E-state index contributed by atoms with van der Waals surface area (Å²) in [6, 6.07) is 8.36. The molecule has 0 atom stereocenters. The van der Waals surface area contributed by atoms with E-state index < -0.39 is 0 Å². The van der Waals surface area contributed by atoms with Gasteiger partial charge in [-0.05, 0) is 30.4 Å². The van der Waals surface area contributed by atoms with Crippen LogP contribution in [0.25, 0.3) is 0 Å². The molecule has 3 heterocycles. The zero-order valence-corrected chi connectivity index (χ0v) is 18.8. The summed E-state index contributed by atoms with van der Waals surface area (Å²) in [5.74, 6) is 1.51. The topological polar surface area (TPSA) is 79.5 Å². The predicted octanol–water partition coefficient (Wildman–Crippen LogP) is 3.12. The summed E-state index contributed by atoms with van der Waals surface area (Å²) < 4.78 is 5.29. The summed E-state index contributed by atoms with van der Waals surface area (Å²) in [6.07, 6.45) is 3.20. The lowest BCUT2D eigenvalue weighted by molar-refractivity contribution is -0.141. The minimum absolute atomic E-state index is 0.0135. The van der Waals surface area contributed by atoms with Gasteiger partial charge in [-0.15, -0.1) is 0 Å². The zero-order chi connectivity index (χ0) is 22.0. The van der Waals surface area contributed by atoms with Gasteiger partial charge in [0.15, 0.2) is 5.82 Å². The van der Waals surface area contributed by atoms with Crippen molar-refractivity contribution in [1.82, 2.24) is 19.9 Å². The fourth-order valence-electron chi connectivity index (χ4n) is 4.35. The number of carbonyl (C=O) groups is 2. The van der Waals surface area contributed by atoms with Crippen molar-refractivity contribution in [2.45, 2.75) is 64.8 Å². The molecule has 4 rings (SSSR count). The highest BCUT2D eigenvalue weighted by Crippen LogP contribution is 2.25. The number of hydrogen-bond donors (Lipinski definition) is 0. The van der Waals surface area contributed by atoms with Crippen molar-refractivity contribution in [3.05, 3.63) is 47.1 Å². The van der Waals surface area contributed by atoms with Gasteiger partial charge in [0, 0.05) is 50.4 Å². The second-order valence-corrected chi connectivity index (χ2v) is 9.70. The Morgan fingerprint density at radius 3 is 2.45 bits per heavy atom. The molecule has 0 bridgehead atoms. The van der Waals surface area contributed by atoms with Crippen LogP contribution in [0.2, 0.25) is 0 Å². The minimum Gasteiger partial charge on any atom is -0.343 e. The van der Waals surface area contributed by atoms with Crippen molar-refractivity contribution in [2.75, 3.05) is 19.6 Å². The number of amides is 2. The van der Waals surface area contributed by atoms with E-state index in [1.807, 2.05) is 36.6 Å². The molecule has 0 N–H and O–H groups in total. The Balaban J connectivity index is 1.24. The van der Waals surface area contributed by atoms with E-state index in [2.05, 4.69) is 28.3 Å². The van der Waals surface area contributed by atoms with Crippen molar-refractivity contribution in [3.63, 3.8) is 0 Å². The second-order valence-electron chi connectivity index (χ2n) is 9.70. The smallest absolute Gasteiger partial charge is 0.227 e. The molecule has 0 radical (unpaired) electrons. The molecule has 1 saturated heterocycles. The van der Waals surface area contributed by atoms with E-state index in [0.717, 1.165) is 25.8 Å². The third-order valence-electron chi connectivity index (χ3n) is 6.33. The van der Waals surface area contributed by atoms with Crippen LogP contribution in [-0.2, 0) is 34.4 Å². The number of likely N-dealkylation sites (tertiary alicyclic amines) is 1. The summed E-state index contributed by atoms with van der Waals surface area (Å²) >= 11 is 0. The van der Waals surface area contributed by atoms with E-state index in [4.69, 9.17) is 4.52 Å². The van der Waals surface area contributed by atoms with E-state index in [9.17, 15) is 9.59 Å². The fraction of sp³-hybridized carbons (Fsp3) is 0.583. The first-order chi connectivity index (χ1) is 14.8. The molecule has 7 nitrogen and oxygen atoms in total. The van der Waals surface area contributed by atoms with Crippen LogP contribution >= 0.6 is 0 Å². The van der Waals surface area contributed by atoms with Gasteiger partial charge in [0.25, 0.3) is 0 Å². The van der Waals surface area contributed by atoms with Gasteiger partial charge < -0.3 is 14.3 Å². The molecule has 31 heavy (non-hydrogen) atoms. The Hall–Kier alpha value is -2.70. The zero-order valence-electron chi connectivity index (χ0n) is 18.8. The number of carbonyl (C=O) groups excluding carboxylic acids is 2. The Kier molecular flexibility index (Phi) is 6.12. The molecule has 2 aliphatic heterocycles. The lowest BCUT2D eigenvalue weighted by Crippen LogP contribution is -2.45. The highest BCUT2D eigenvalue weighted by molar-refractivity contribution is 5.80. The summed E-state index contributed by atoms with van der Waals surface area (Å²) in [4.78, 5) is 33.9. The van der Waals surface area contributed by atoms with Crippen molar-refractivity contribution in [2.24, 2.45) is 5.92 Å². The first kappa shape index (κ1) is 21.5. The maximum atomic E-state index is 13.0. The second kappa shape index (κ2) is 8.81. The average Bonchev–Trinajstić information content (AvgIpc) is 3.26. The summed E-state index contributed by atoms with van der Waals surface area (Å²) in [7, 11) is 0. The molecule has 1 aromatic carbocycles. The first-order valence-electron chi connectivity index (χ1n) is 11.3. The van der Waals surface area contributed by atoms with E-state index in [1.54, 1.807) is 0 Å². The van der Waals surface area contributed by atoms with Crippen LogP contribution in [0.15, 0.2) is 28.8 Å². The fourth-order valence-corrected chi connectivity index (χ4v) is 4.35. The Labute approximate surface area is 183 Å². The van der Waals surface area contributed by atoms with Crippen molar-refractivity contribution in [3.8, 4) is 0 Å². The molecular formula is C24H32N4O3. The van der Waals surface area contributed by atoms with E-state index >= 15 is 0 Å². The molecule has 2 amide bonds. The number of piperidine rings is 1. The summed E-state index contributed by atoms with van der Waals surface area (Å²) in [5, 5.41) is 4.01. The van der Waals surface area contributed by atoms with Crippen LogP contribution in [0.1, 0.15) is 62.9 Å². The van der Waals surface area contributed by atoms with E-state index in [-0.39, 0.29) is 23.1 Å². The normalized spacial score (nSPS) is 17.5. The standard InChI is InChI=1S/C24H32N4O3/c1-24(2,3)23-25-20(31-26-23)8-9-21(29)27-13-11-18(12-14-27)22(30)28-15-10-17-6-4-5-7-19(17)16-28/h4-7,18H,8-16H2,1-3H3. The minimum atomic E-state index is -0.170. The highest BCUT2D eigenvalue weighted by atomic mass is 16.5. The van der Waals surface area contributed by atoms with Gasteiger partial charge in [0.2, 0.25) is 17.7 Å². The van der Waals surface area contributed by atoms with E-state index in [0.29, 0.717) is 44.2 Å². The molecule has 7 heteroatoms. The number of rotatable bonds is 4. The first-order valence-corrected chi connectivity index (χ1v) is 11.3. The third-order valence-corrected chi connectivity index (χ3v) is 6.33. The number of nitrogens with zero attached hydrogens (tertiary/aromatic N) is 4. The molecule has 2 aromatic rings. The molecule has 0 saturated carbocycles. The van der Waals surface area contributed by atoms with Crippen molar-refractivity contribution >= 4 is 11.8 Å². The van der Waals surface area contributed by atoms with Gasteiger partial charge in [0.1, 0.15) is 0 Å². The van der Waals surface area contributed by atoms with Crippen LogP contribution in [0.3, 0.4) is 0 Å². The van der Waals surface area contributed by atoms with Crippen LogP contribution in [0, 0.1) is 5.92 Å². The van der Waals surface area contributed by atoms with Gasteiger partial charge in [-0.25, -0.2) is 0 Å². The SMILES string of the molecule is CC(C)(C)c1noc(CCC(=O)N2CCC(C(=O)N3CCc4ccccc4C3)CC2)n1. The van der Waals surface area contributed by atoms with Gasteiger partial charge in [-0.2, -0.15) is 4.98 Å². The molecular weight excluding hydrogens is 392 g/mol. The quantitative estimate of drug-likeness (QED) is 0.753. The van der Waals surface area contributed by atoms with Crippen LogP contribution < -0.4 is 0 Å². The maximum absolute atomic E-state index is 13.0. The van der Waals surface area contributed by atoms with Gasteiger partial charge >= 0.3 is 0 Å². The van der Waals surface area contributed by atoms with Crippen molar-refractivity contribution < 1.29 is 14.1 Å². The van der Waals surface area contributed by atoms with Crippen LogP contribution in [-0.4, -0.2) is 51.4 Å². The Morgan fingerprint density at radius 2 is 1.77 bits per heavy atom. The third kappa shape index (κ3) is 4.97. The summed E-state index contributed by atoms with van der Waals surface area (Å²) in [5.41, 5.74) is 2.43. The molecule has 0 unspecified atom stereocenters. The molecule has 1 aromatic heterocycles. The van der Waals surface area contributed by atoms with E-state index in [1.165, 1.54) is 11.1 Å².